The molecule has 3 rings (SSSR count). The van der Waals surface area contributed by atoms with E-state index in [-0.39, 0.29) is 12.0 Å². The molecule has 118 valence electrons. The number of carbonyl (C=O) groups excluding carboxylic acids is 1. The average molecular weight is 338 g/mol. The first-order chi connectivity index (χ1) is 10.8. The van der Waals surface area contributed by atoms with E-state index in [9.17, 15) is 4.79 Å². The molecule has 0 aliphatic carbocycles. The maximum Gasteiger partial charge on any atom is 0.276 e. The second-order valence-corrected chi connectivity index (χ2v) is 7.20. The van der Waals surface area contributed by atoms with Gasteiger partial charge < -0.3 is 14.2 Å². The third kappa shape index (κ3) is 3.53. The van der Waals surface area contributed by atoms with E-state index in [0.717, 1.165) is 22.1 Å². The van der Waals surface area contributed by atoms with Gasteiger partial charge in [0.1, 0.15) is 11.9 Å². The van der Waals surface area contributed by atoms with Crippen molar-refractivity contribution in [2.24, 2.45) is 0 Å². The standard InChI is InChI=1S/C15H18N2O3S2/c1-2-21-10-11-8-12(16-20-11)15(18)17-5-6-19-13(9-17)14-4-3-7-22-14/h3-4,7-8,13H,2,5-6,9-10H2,1H3/t13-/m0/s1. The Morgan fingerprint density at radius 2 is 2.50 bits per heavy atom. The highest BCUT2D eigenvalue weighted by Gasteiger charge is 2.28. The first kappa shape index (κ1) is 15.6. The van der Waals surface area contributed by atoms with Crippen LogP contribution in [0.2, 0.25) is 0 Å². The number of thioether (sulfide) groups is 1. The van der Waals surface area contributed by atoms with Gasteiger partial charge in [0.2, 0.25) is 0 Å². The van der Waals surface area contributed by atoms with E-state index in [0.29, 0.717) is 25.4 Å². The molecule has 1 aliphatic rings. The third-order valence-corrected chi connectivity index (χ3v) is 5.30. The molecule has 2 aromatic rings. The van der Waals surface area contributed by atoms with Gasteiger partial charge in [0.05, 0.1) is 18.9 Å². The smallest absolute Gasteiger partial charge is 0.276 e. The molecule has 22 heavy (non-hydrogen) atoms. The van der Waals surface area contributed by atoms with Crippen molar-refractivity contribution >= 4 is 29.0 Å². The van der Waals surface area contributed by atoms with Crippen LogP contribution in [0.15, 0.2) is 28.1 Å². The molecule has 1 fully saturated rings. The summed E-state index contributed by atoms with van der Waals surface area (Å²) in [6.45, 7) is 3.79. The Hall–Kier alpha value is -1.31. The van der Waals surface area contributed by atoms with E-state index in [4.69, 9.17) is 9.26 Å². The summed E-state index contributed by atoms with van der Waals surface area (Å²) in [6, 6.07) is 5.79. The number of thiophene rings is 1. The van der Waals surface area contributed by atoms with Gasteiger partial charge in [0.15, 0.2) is 5.69 Å². The summed E-state index contributed by atoms with van der Waals surface area (Å²) in [5, 5.41) is 5.94. The van der Waals surface area contributed by atoms with E-state index < -0.39 is 0 Å². The van der Waals surface area contributed by atoms with Crippen LogP contribution in [0.5, 0.6) is 0 Å². The summed E-state index contributed by atoms with van der Waals surface area (Å²) >= 11 is 3.40. The lowest BCUT2D eigenvalue weighted by molar-refractivity contribution is -0.0215. The first-order valence-corrected chi connectivity index (χ1v) is 9.29. The Kier molecular flexibility index (Phi) is 5.17. The second-order valence-electron chi connectivity index (χ2n) is 4.94. The normalized spacial score (nSPS) is 18.6. The van der Waals surface area contributed by atoms with Gasteiger partial charge in [-0.25, -0.2) is 0 Å². The van der Waals surface area contributed by atoms with E-state index in [1.54, 1.807) is 34.1 Å². The molecule has 0 radical (unpaired) electrons. The predicted octanol–water partition coefficient (Wildman–Crippen LogP) is 3.20. The predicted molar refractivity (Wildman–Crippen MR) is 87.3 cm³/mol. The number of morpholine rings is 1. The molecule has 1 saturated heterocycles. The van der Waals surface area contributed by atoms with Gasteiger partial charge in [-0.15, -0.1) is 11.3 Å². The van der Waals surface area contributed by atoms with Crippen LogP contribution in [0.25, 0.3) is 0 Å². The molecular weight excluding hydrogens is 320 g/mol. The molecule has 1 atom stereocenters. The zero-order valence-electron chi connectivity index (χ0n) is 12.4. The van der Waals surface area contributed by atoms with Gasteiger partial charge in [-0.05, 0) is 17.2 Å². The van der Waals surface area contributed by atoms with Gasteiger partial charge in [0, 0.05) is 17.5 Å². The fourth-order valence-electron chi connectivity index (χ4n) is 2.33. The van der Waals surface area contributed by atoms with Crippen LogP contribution in [-0.2, 0) is 10.5 Å². The van der Waals surface area contributed by atoms with Gasteiger partial charge in [-0.3, -0.25) is 4.79 Å². The highest BCUT2D eigenvalue weighted by Crippen LogP contribution is 2.26. The number of hydrogen-bond donors (Lipinski definition) is 0. The Balaban J connectivity index is 1.65. The van der Waals surface area contributed by atoms with Crippen LogP contribution >= 0.6 is 23.1 Å². The van der Waals surface area contributed by atoms with Crippen LogP contribution in [-0.4, -0.2) is 41.4 Å². The van der Waals surface area contributed by atoms with Crippen molar-refractivity contribution in [2.75, 3.05) is 25.4 Å². The van der Waals surface area contributed by atoms with Crippen LogP contribution in [0.4, 0.5) is 0 Å². The van der Waals surface area contributed by atoms with Gasteiger partial charge in [-0.2, -0.15) is 11.8 Å². The lowest BCUT2D eigenvalue weighted by Crippen LogP contribution is -2.42. The van der Waals surface area contributed by atoms with E-state index in [1.165, 1.54) is 0 Å². The van der Waals surface area contributed by atoms with Crippen LogP contribution in [0.3, 0.4) is 0 Å². The van der Waals surface area contributed by atoms with Crippen molar-refractivity contribution < 1.29 is 14.1 Å². The topological polar surface area (TPSA) is 55.6 Å². The summed E-state index contributed by atoms with van der Waals surface area (Å²) in [6.07, 6.45) is -0.0419. The van der Waals surface area contributed by atoms with E-state index in [1.807, 2.05) is 17.5 Å². The third-order valence-electron chi connectivity index (χ3n) is 3.44. The summed E-state index contributed by atoms with van der Waals surface area (Å²) in [5.41, 5.74) is 0.388. The molecule has 1 amide bonds. The molecule has 7 heteroatoms. The highest BCUT2D eigenvalue weighted by atomic mass is 32.2. The first-order valence-electron chi connectivity index (χ1n) is 7.25. The van der Waals surface area contributed by atoms with E-state index in [2.05, 4.69) is 12.1 Å². The zero-order valence-corrected chi connectivity index (χ0v) is 14.0. The maximum absolute atomic E-state index is 12.5. The number of rotatable bonds is 5. The molecule has 0 unspecified atom stereocenters. The van der Waals surface area contributed by atoms with E-state index >= 15 is 0 Å². The molecule has 3 heterocycles. The Morgan fingerprint density at radius 3 is 3.27 bits per heavy atom. The molecule has 1 aliphatic heterocycles. The number of carbonyl (C=O) groups is 1. The van der Waals surface area contributed by atoms with Gasteiger partial charge in [0.25, 0.3) is 5.91 Å². The number of hydrogen-bond acceptors (Lipinski definition) is 6. The number of aromatic nitrogens is 1. The van der Waals surface area contributed by atoms with Crippen molar-refractivity contribution in [3.8, 4) is 0 Å². The minimum Gasteiger partial charge on any atom is -0.369 e. The molecule has 0 aromatic carbocycles. The van der Waals surface area contributed by atoms with Crippen molar-refractivity contribution in [2.45, 2.75) is 18.8 Å². The Bertz CT molecular complexity index is 612. The average Bonchev–Trinajstić information content (AvgIpc) is 3.24. The molecule has 0 N–H and O–H groups in total. The molecule has 0 bridgehead atoms. The van der Waals surface area contributed by atoms with Crippen LogP contribution < -0.4 is 0 Å². The maximum atomic E-state index is 12.5. The lowest BCUT2D eigenvalue weighted by Gasteiger charge is -2.31. The minimum absolute atomic E-state index is 0.0419. The van der Waals surface area contributed by atoms with Crippen molar-refractivity contribution in [3.05, 3.63) is 39.9 Å². The number of ether oxygens (including phenoxy) is 1. The molecule has 0 spiro atoms. The summed E-state index contributed by atoms with van der Waals surface area (Å²) in [7, 11) is 0. The molecule has 0 saturated carbocycles. The summed E-state index contributed by atoms with van der Waals surface area (Å²) < 4.78 is 11.0. The Morgan fingerprint density at radius 1 is 1.59 bits per heavy atom. The molecule has 2 aromatic heterocycles. The van der Waals surface area contributed by atoms with Crippen molar-refractivity contribution in [1.29, 1.82) is 0 Å². The fourth-order valence-corrected chi connectivity index (χ4v) is 3.63. The van der Waals surface area contributed by atoms with Gasteiger partial charge >= 0.3 is 0 Å². The highest BCUT2D eigenvalue weighted by molar-refractivity contribution is 7.98. The molecular formula is C15H18N2O3S2. The molecule has 5 nitrogen and oxygen atoms in total. The number of amides is 1. The van der Waals surface area contributed by atoms with Crippen molar-refractivity contribution in [3.63, 3.8) is 0 Å². The van der Waals surface area contributed by atoms with Crippen molar-refractivity contribution in [1.82, 2.24) is 10.1 Å². The summed E-state index contributed by atoms with van der Waals surface area (Å²) in [5.74, 6) is 2.42. The SMILES string of the molecule is CCSCc1cc(C(=O)N2CCO[C@H](c3cccs3)C2)no1. The quantitative estimate of drug-likeness (QED) is 0.838. The second kappa shape index (κ2) is 7.30. The van der Waals surface area contributed by atoms with Crippen LogP contribution in [0.1, 0.15) is 34.2 Å². The fraction of sp³-hybridized carbons (Fsp3) is 0.467. The summed E-state index contributed by atoms with van der Waals surface area (Å²) in [4.78, 5) is 15.5. The zero-order chi connectivity index (χ0) is 15.4. The van der Waals surface area contributed by atoms with Crippen LogP contribution in [0, 0.1) is 0 Å². The Labute approximate surface area is 137 Å². The largest absolute Gasteiger partial charge is 0.369 e. The van der Waals surface area contributed by atoms with Gasteiger partial charge in [-0.1, -0.05) is 18.1 Å². The monoisotopic (exact) mass is 338 g/mol. The number of nitrogens with zero attached hydrogens (tertiary/aromatic N) is 2. The lowest BCUT2D eigenvalue weighted by atomic mass is 10.2. The minimum atomic E-state index is -0.0821.